The fraction of sp³-hybridized carbons (Fsp3) is 0.688. The first-order valence-electron chi connectivity index (χ1n) is 8.10. The highest BCUT2D eigenvalue weighted by Gasteiger charge is 2.40. The molecule has 1 aliphatic heterocycles. The van der Waals surface area contributed by atoms with Crippen molar-refractivity contribution in [1.82, 2.24) is 9.31 Å². The molecule has 1 saturated carbocycles. The average molecular weight is 358 g/mol. The van der Waals surface area contributed by atoms with Crippen LogP contribution in [-0.4, -0.2) is 34.1 Å². The average Bonchev–Trinajstić information content (AvgIpc) is 3.08. The van der Waals surface area contributed by atoms with Crippen LogP contribution in [0, 0.1) is 12.8 Å². The van der Waals surface area contributed by atoms with Gasteiger partial charge in [0, 0.05) is 18.7 Å². The Morgan fingerprint density at radius 1 is 1.36 bits per heavy atom. The van der Waals surface area contributed by atoms with Crippen molar-refractivity contribution in [3.05, 3.63) is 20.8 Å². The van der Waals surface area contributed by atoms with E-state index in [1.54, 1.807) is 23.3 Å². The molecule has 0 radical (unpaired) electrons. The van der Waals surface area contributed by atoms with Gasteiger partial charge in [0.1, 0.15) is 6.17 Å². The van der Waals surface area contributed by atoms with E-state index in [1.807, 2.05) is 0 Å². The molecule has 2 aliphatic rings. The van der Waals surface area contributed by atoms with Gasteiger partial charge in [-0.2, -0.15) is 0 Å². The summed E-state index contributed by atoms with van der Waals surface area (Å²) in [6, 6.07) is 0. The topological polar surface area (TPSA) is 18.8 Å². The summed E-state index contributed by atoms with van der Waals surface area (Å²) in [5.41, 5.74) is 1.15. The number of nitrogens with zero attached hydrogens (tertiary/aromatic N) is 3. The van der Waals surface area contributed by atoms with Gasteiger partial charge < -0.3 is 4.90 Å². The highest BCUT2D eigenvalue weighted by Crippen LogP contribution is 2.39. The lowest BCUT2D eigenvalue weighted by atomic mass is 9.86. The summed E-state index contributed by atoms with van der Waals surface area (Å²) in [4.78, 5) is 3.59. The van der Waals surface area contributed by atoms with Crippen LogP contribution in [0.3, 0.4) is 0 Å². The van der Waals surface area contributed by atoms with Gasteiger partial charge in [-0.3, -0.25) is 0 Å². The first-order valence-corrected chi connectivity index (χ1v) is 10.5. The van der Waals surface area contributed by atoms with Crippen LogP contribution in [0.1, 0.15) is 49.5 Å². The number of halogens is 1. The molecular weight excluding hydrogens is 334 g/mol. The minimum absolute atomic E-state index is 0.383. The first-order chi connectivity index (χ1) is 10.7. The fourth-order valence-electron chi connectivity index (χ4n) is 3.56. The van der Waals surface area contributed by atoms with E-state index in [9.17, 15) is 0 Å². The SMILES string of the molecule is CCN1C(c2scc(C)c2Cl)=NN(SC)C1C1CCCCC1. The van der Waals surface area contributed by atoms with Crippen molar-refractivity contribution in [1.29, 1.82) is 0 Å². The zero-order valence-electron chi connectivity index (χ0n) is 13.5. The van der Waals surface area contributed by atoms with Crippen molar-refractivity contribution in [2.75, 3.05) is 12.8 Å². The number of rotatable bonds is 4. The first kappa shape index (κ1) is 16.5. The number of amidine groups is 1. The van der Waals surface area contributed by atoms with Crippen molar-refractivity contribution in [3.63, 3.8) is 0 Å². The number of thiophene rings is 1. The van der Waals surface area contributed by atoms with Crippen LogP contribution in [0.4, 0.5) is 0 Å². The van der Waals surface area contributed by atoms with Crippen molar-refractivity contribution in [2.45, 2.75) is 52.1 Å². The van der Waals surface area contributed by atoms with Crippen LogP contribution in [0.2, 0.25) is 5.02 Å². The highest BCUT2D eigenvalue weighted by atomic mass is 35.5. The van der Waals surface area contributed by atoms with Crippen LogP contribution in [-0.2, 0) is 0 Å². The second-order valence-electron chi connectivity index (χ2n) is 6.07. The molecule has 122 valence electrons. The summed E-state index contributed by atoms with van der Waals surface area (Å²) in [5.74, 6) is 1.78. The molecule has 22 heavy (non-hydrogen) atoms. The lowest BCUT2D eigenvalue weighted by Crippen LogP contribution is -2.45. The molecule has 3 nitrogen and oxygen atoms in total. The Morgan fingerprint density at radius 3 is 2.64 bits per heavy atom. The van der Waals surface area contributed by atoms with E-state index in [0.717, 1.165) is 27.8 Å². The third kappa shape index (κ3) is 2.87. The van der Waals surface area contributed by atoms with E-state index in [2.05, 4.69) is 34.8 Å². The van der Waals surface area contributed by atoms with E-state index in [0.29, 0.717) is 12.1 Å². The second kappa shape index (κ2) is 7.02. The second-order valence-corrected chi connectivity index (χ2v) is 8.07. The van der Waals surface area contributed by atoms with Gasteiger partial charge in [0.05, 0.1) is 9.90 Å². The van der Waals surface area contributed by atoms with Crippen molar-refractivity contribution in [3.8, 4) is 0 Å². The molecule has 3 rings (SSSR count). The molecule has 1 fully saturated rings. The largest absolute Gasteiger partial charge is 0.331 e. The monoisotopic (exact) mass is 357 g/mol. The summed E-state index contributed by atoms with van der Waals surface area (Å²) in [6.07, 6.45) is 9.24. The Hall–Kier alpha value is -0.390. The molecule has 2 heterocycles. The molecular formula is C16H24ClN3S2. The van der Waals surface area contributed by atoms with E-state index in [4.69, 9.17) is 16.7 Å². The molecule has 0 amide bonds. The minimum Gasteiger partial charge on any atom is -0.331 e. The maximum atomic E-state index is 6.51. The van der Waals surface area contributed by atoms with Crippen LogP contribution in [0.5, 0.6) is 0 Å². The molecule has 0 aromatic carbocycles. The summed E-state index contributed by atoms with van der Waals surface area (Å²) in [7, 11) is 0. The normalized spacial score (nSPS) is 23.3. The van der Waals surface area contributed by atoms with Crippen LogP contribution < -0.4 is 0 Å². The standard InChI is InChI=1S/C16H24ClN3S2/c1-4-19-15(14-13(17)11(2)10-22-14)18-20(21-3)16(19)12-8-6-5-7-9-12/h10,12,16H,4-9H2,1-3H3. The molecule has 0 spiro atoms. The van der Waals surface area contributed by atoms with Gasteiger partial charge in [-0.15, -0.1) is 16.4 Å². The predicted molar refractivity (Wildman–Crippen MR) is 98.7 cm³/mol. The summed E-state index contributed by atoms with van der Waals surface area (Å²) < 4.78 is 2.21. The highest BCUT2D eigenvalue weighted by molar-refractivity contribution is 7.96. The van der Waals surface area contributed by atoms with Crippen LogP contribution in [0.25, 0.3) is 0 Å². The maximum absolute atomic E-state index is 6.51. The maximum Gasteiger partial charge on any atom is 0.170 e. The molecule has 0 N–H and O–H groups in total. The quantitative estimate of drug-likeness (QED) is 0.690. The number of hydrazone groups is 1. The Bertz CT molecular complexity index is 552. The fourth-order valence-corrected chi connectivity index (χ4v) is 5.50. The van der Waals surface area contributed by atoms with Gasteiger partial charge in [-0.25, -0.2) is 4.41 Å². The smallest absolute Gasteiger partial charge is 0.170 e. The van der Waals surface area contributed by atoms with E-state index in [1.165, 1.54) is 32.1 Å². The molecule has 1 aromatic rings. The molecule has 0 bridgehead atoms. The Labute approximate surface area is 146 Å². The zero-order chi connectivity index (χ0) is 15.7. The van der Waals surface area contributed by atoms with Gasteiger partial charge in [0.15, 0.2) is 5.84 Å². The number of aryl methyl sites for hydroxylation is 1. The minimum atomic E-state index is 0.383. The van der Waals surface area contributed by atoms with Gasteiger partial charge in [0.2, 0.25) is 0 Å². The predicted octanol–water partition coefficient (Wildman–Crippen LogP) is 5.19. The summed E-state index contributed by atoms with van der Waals surface area (Å²) >= 11 is 9.96. The van der Waals surface area contributed by atoms with Gasteiger partial charge >= 0.3 is 0 Å². The van der Waals surface area contributed by atoms with Crippen LogP contribution >= 0.6 is 34.9 Å². The Morgan fingerprint density at radius 2 is 2.09 bits per heavy atom. The molecule has 1 atom stereocenters. The van der Waals surface area contributed by atoms with Crippen LogP contribution in [0.15, 0.2) is 10.5 Å². The molecule has 6 heteroatoms. The zero-order valence-corrected chi connectivity index (χ0v) is 15.9. The number of hydrogen-bond donors (Lipinski definition) is 0. The lowest BCUT2D eigenvalue weighted by molar-refractivity contribution is 0.123. The summed E-state index contributed by atoms with van der Waals surface area (Å²) in [6.45, 7) is 5.27. The molecule has 1 unspecified atom stereocenters. The van der Waals surface area contributed by atoms with E-state index < -0.39 is 0 Å². The van der Waals surface area contributed by atoms with Crippen molar-refractivity contribution in [2.24, 2.45) is 11.0 Å². The van der Waals surface area contributed by atoms with Gasteiger partial charge in [-0.1, -0.05) is 30.9 Å². The third-order valence-corrected chi connectivity index (χ3v) is 7.08. The van der Waals surface area contributed by atoms with Gasteiger partial charge in [0.25, 0.3) is 0 Å². The molecule has 1 aliphatic carbocycles. The Kier molecular flexibility index (Phi) is 5.25. The molecule has 1 aromatic heterocycles. The van der Waals surface area contributed by atoms with Crippen molar-refractivity contribution < 1.29 is 0 Å². The third-order valence-electron chi connectivity index (χ3n) is 4.71. The van der Waals surface area contributed by atoms with E-state index in [-0.39, 0.29) is 0 Å². The van der Waals surface area contributed by atoms with Crippen molar-refractivity contribution >= 4 is 40.7 Å². The van der Waals surface area contributed by atoms with E-state index >= 15 is 0 Å². The van der Waals surface area contributed by atoms with Gasteiger partial charge in [-0.05, 0) is 49.6 Å². The molecule has 0 saturated heterocycles. The Balaban J connectivity index is 1.92. The summed E-state index contributed by atoms with van der Waals surface area (Å²) in [5, 5.41) is 7.92. The number of hydrogen-bond acceptors (Lipinski definition) is 5. The lowest BCUT2D eigenvalue weighted by Gasteiger charge is -2.37.